The van der Waals surface area contributed by atoms with Gasteiger partial charge in [-0.05, 0) is 17.7 Å². The Balaban J connectivity index is 3.05. The van der Waals surface area contributed by atoms with Crippen molar-refractivity contribution in [2.75, 3.05) is 7.11 Å². The normalized spacial score (nSPS) is 13.9. The minimum absolute atomic E-state index is 0.0284. The molecule has 0 amide bonds. The third kappa shape index (κ3) is 2.96. The molecule has 96 valence electrons. The van der Waals surface area contributed by atoms with Crippen molar-refractivity contribution < 1.29 is 22.3 Å². The van der Waals surface area contributed by atoms with Gasteiger partial charge in [0.1, 0.15) is 11.1 Å². The molecule has 7 heteroatoms. The SMILES string of the molecule is COc1ccc(C(Cl)C(F)(F)C(F)F)cc1Cl. The molecule has 1 aromatic carbocycles. The van der Waals surface area contributed by atoms with Crippen LogP contribution in [0.3, 0.4) is 0 Å². The van der Waals surface area contributed by atoms with E-state index in [4.69, 9.17) is 27.9 Å². The first-order valence-corrected chi connectivity index (χ1v) is 5.25. The second-order valence-electron chi connectivity index (χ2n) is 3.23. The smallest absolute Gasteiger partial charge is 0.327 e. The fraction of sp³-hybridized carbons (Fsp3) is 0.400. The Kier molecular flexibility index (Phi) is 4.49. The maximum atomic E-state index is 13.0. The summed E-state index contributed by atoms with van der Waals surface area (Å²) in [5, 5.41) is -2.12. The van der Waals surface area contributed by atoms with Gasteiger partial charge in [-0.2, -0.15) is 8.78 Å². The van der Waals surface area contributed by atoms with Crippen LogP contribution in [0.15, 0.2) is 18.2 Å². The van der Waals surface area contributed by atoms with Crippen molar-refractivity contribution in [2.24, 2.45) is 0 Å². The van der Waals surface area contributed by atoms with Gasteiger partial charge in [0.2, 0.25) is 0 Å². The van der Waals surface area contributed by atoms with Gasteiger partial charge < -0.3 is 4.74 Å². The number of hydrogen-bond acceptors (Lipinski definition) is 1. The van der Waals surface area contributed by atoms with E-state index in [0.29, 0.717) is 0 Å². The number of rotatable bonds is 4. The molecular weight excluding hydrogens is 283 g/mol. The Bertz CT molecular complexity index is 398. The van der Waals surface area contributed by atoms with Gasteiger partial charge in [-0.15, -0.1) is 11.6 Å². The highest BCUT2D eigenvalue weighted by atomic mass is 35.5. The van der Waals surface area contributed by atoms with Gasteiger partial charge in [0.15, 0.2) is 0 Å². The van der Waals surface area contributed by atoms with Crippen molar-refractivity contribution in [3.05, 3.63) is 28.8 Å². The molecule has 0 aliphatic carbocycles. The van der Waals surface area contributed by atoms with Crippen molar-refractivity contribution in [3.63, 3.8) is 0 Å². The van der Waals surface area contributed by atoms with E-state index in [9.17, 15) is 17.6 Å². The van der Waals surface area contributed by atoms with Crippen molar-refractivity contribution in [2.45, 2.75) is 17.7 Å². The highest BCUT2D eigenvalue weighted by molar-refractivity contribution is 6.32. The molecule has 0 aromatic heterocycles. The standard InChI is InChI=1S/C10H8Cl2F4O/c1-17-7-3-2-5(4-6(7)11)8(12)10(15,16)9(13)14/h2-4,8-9H,1H3. The first kappa shape index (κ1) is 14.4. The van der Waals surface area contributed by atoms with Crippen LogP contribution in [0.1, 0.15) is 10.9 Å². The molecule has 0 fully saturated rings. The molecule has 1 aromatic rings. The van der Waals surface area contributed by atoms with Gasteiger partial charge in [-0.1, -0.05) is 17.7 Å². The zero-order chi connectivity index (χ0) is 13.2. The molecule has 0 radical (unpaired) electrons. The van der Waals surface area contributed by atoms with E-state index in [1.54, 1.807) is 0 Å². The summed E-state index contributed by atoms with van der Waals surface area (Å²) >= 11 is 11.0. The van der Waals surface area contributed by atoms with E-state index < -0.39 is 17.7 Å². The molecule has 1 nitrogen and oxygen atoms in total. The maximum Gasteiger partial charge on any atom is 0.327 e. The van der Waals surface area contributed by atoms with Gasteiger partial charge >= 0.3 is 12.3 Å². The van der Waals surface area contributed by atoms with Gasteiger partial charge in [-0.3, -0.25) is 0 Å². The third-order valence-electron chi connectivity index (χ3n) is 2.10. The van der Waals surface area contributed by atoms with Gasteiger partial charge in [0, 0.05) is 0 Å². The Morgan fingerprint density at radius 1 is 1.29 bits per heavy atom. The Morgan fingerprint density at radius 2 is 1.88 bits per heavy atom. The summed E-state index contributed by atoms with van der Waals surface area (Å²) in [6, 6.07) is 3.53. The minimum atomic E-state index is -4.32. The molecule has 0 aliphatic heterocycles. The molecular formula is C10H8Cl2F4O. The second kappa shape index (κ2) is 5.31. The molecule has 0 N–H and O–H groups in total. The van der Waals surface area contributed by atoms with Crippen molar-refractivity contribution in [1.29, 1.82) is 0 Å². The molecule has 0 saturated carbocycles. The number of alkyl halides is 5. The van der Waals surface area contributed by atoms with Gasteiger partial charge in [-0.25, -0.2) is 8.78 Å². The summed E-state index contributed by atoms with van der Waals surface area (Å²) in [5.41, 5.74) is -0.192. The highest BCUT2D eigenvalue weighted by Gasteiger charge is 2.48. The van der Waals surface area contributed by atoms with Crippen LogP contribution in [-0.4, -0.2) is 19.5 Å². The largest absolute Gasteiger partial charge is 0.495 e. The molecule has 0 aliphatic rings. The topological polar surface area (TPSA) is 9.23 Å². The summed E-state index contributed by atoms with van der Waals surface area (Å²) in [7, 11) is 1.34. The number of benzene rings is 1. The maximum absolute atomic E-state index is 13.0. The zero-order valence-electron chi connectivity index (χ0n) is 8.56. The fourth-order valence-electron chi connectivity index (χ4n) is 1.17. The minimum Gasteiger partial charge on any atom is -0.495 e. The van der Waals surface area contributed by atoms with Crippen LogP contribution in [-0.2, 0) is 0 Å². The van der Waals surface area contributed by atoms with Crippen LogP contribution >= 0.6 is 23.2 Å². The van der Waals surface area contributed by atoms with E-state index in [1.165, 1.54) is 19.2 Å². The lowest BCUT2D eigenvalue weighted by Crippen LogP contribution is -2.31. The molecule has 0 saturated heterocycles. The van der Waals surface area contributed by atoms with Crippen molar-refractivity contribution in [1.82, 2.24) is 0 Å². The van der Waals surface area contributed by atoms with Crippen LogP contribution in [0.2, 0.25) is 5.02 Å². The molecule has 0 heterocycles. The van der Waals surface area contributed by atoms with E-state index in [0.717, 1.165) is 6.07 Å². The van der Waals surface area contributed by atoms with Crippen LogP contribution in [0.25, 0.3) is 0 Å². The highest BCUT2D eigenvalue weighted by Crippen LogP contribution is 2.42. The monoisotopic (exact) mass is 290 g/mol. The lowest BCUT2D eigenvalue weighted by Gasteiger charge is -2.21. The molecule has 1 unspecified atom stereocenters. The molecule has 0 bridgehead atoms. The Labute approximate surface area is 105 Å². The molecule has 0 spiro atoms. The van der Waals surface area contributed by atoms with Crippen molar-refractivity contribution in [3.8, 4) is 5.75 Å². The number of methoxy groups -OCH3 is 1. The molecule has 17 heavy (non-hydrogen) atoms. The van der Waals surface area contributed by atoms with Crippen LogP contribution < -0.4 is 4.74 Å². The number of hydrogen-bond donors (Lipinski definition) is 0. The van der Waals surface area contributed by atoms with Crippen LogP contribution in [0.5, 0.6) is 5.75 Å². The van der Waals surface area contributed by atoms with Gasteiger partial charge in [0.05, 0.1) is 12.1 Å². The van der Waals surface area contributed by atoms with Gasteiger partial charge in [0.25, 0.3) is 0 Å². The summed E-state index contributed by atoms with van der Waals surface area (Å²) in [6.45, 7) is 0. The van der Waals surface area contributed by atoms with E-state index >= 15 is 0 Å². The zero-order valence-corrected chi connectivity index (χ0v) is 10.1. The Hall–Kier alpha value is -0.680. The quantitative estimate of drug-likeness (QED) is 0.585. The predicted octanol–water partition coefficient (Wildman–Crippen LogP) is 4.53. The fourth-order valence-corrected chi connectivity index (χ4v) is 1.67. The predicted molar refractivity (Wildman–Crippen MR) is 57.5 cm³/mol. The first-order valence-electron chi connectivity index (χ1n) is 4.44. The molecule has 1 rings (SSSR count). The average Bonchev–Trinajstić information content (AvgIpc) is 2.27. The summed E-state index contributed by atoms with van der Waals surface area (Å²) in [4.78, 5) is 0. The van der Waals surface area contributed by atoms with Crippen molar-refractivity contribution >= 4 is 23.2 Å². The molecule has 1 atom stereocenters. The second-order valence-corrected chi connectivity index (χ2v) is 4.08. The van der Waals surface area contributed by atoms with Crippen LogP contribution in [0.4, 0.5) is 17.6 Å². The lowest BCUT2D eigenvalue weighted by atomic mass is 10.1. The summed E-state index contributed by atoms with van der Waals surface area (Å²) < 4.78 is 55.0. The van der Waals surface area contributed by atoms with E-state index in [1.807, 2.05) is 0 Å². The Morgan fingerprint density at radius 3 is 2.29 bits per heavy atom. The number of ether oxygens (including phenoxy) is 1. The first-order chi connectivity index (χ1) is 7.80. The summed E-state index contributed by atoms with van der Waals surface area (Å²) in [5.74, 6) is -4.07. The summed E-state index contributed by atoms with van der Waals surface area (Å²) in [6.07, 6.45) is -3.84. The third-order valence-corrected chi connectivity index (χ3v) is 2.94. The van der Waals surface area contributed by atoms with E-state index in [-0.39, 0.29) is 16.3 Å². The average molecular weight is 291 g/mol. The van der Waals surface area contributed by atoms with Crippen LogP contribution in [0, 0.1) is 0 Å². The number of halogens is 6. The van der Waals surface area contributed by atoms with E-state index in [2.05, 4.69) is 0 Å². The lowest BCUT2D eigenvalue weighted by molar-refractivity contribution is -0.130.